The van der Waals surface area contributed by atoms with Crippen molar-refractivity contribution in [3.63, 3.8) is 0 Å². The van der Waals surface area contributed by atoms with Crippen LogP contribution in [0.3, 0.4) is 0 Å². The largest absolute Gasteiger partial charge is 0.475 e. The van der Waals surface area contributed by atoms with E-state index in [1.165, 1.54) is 19.1 Å². The van der Waals surface area contributed by atoms with Crippen LogP contribution >= 0.6 is 11.6 Å². The number of fused-ring (bicyclic) bond motifs is 1. The minimum Gasteiger partial charge on any atom is -0.475 e. The molecule has 5 nitrogen and oxygen atoms in total. The second-order valence-corrected chi connectivity index (χ2v) is 6.28. The Kier molecular flexibility index (Phi) is 6.75. The molecule has 0 saturated heterocycles. The van der Waals surface area contributed by atoms with Crippen LogP contribution < -0.4 is 10.1 Å². The smallest absolute Gasteiger partial charge is 0.430 e. The topological polar surface area (TPSA) is 64.6 Å². The van der Waals surface area contributed by atoms with E-state index < -0.39 is 23.8 Å². The summed E-state index contributed by atoms with van der Waals surface area (Å²) in [4.78, 5) is 23.5. The van der Waals surface area contributed by atoms with Gasteiger partial charge in [0, 0.05) is 23.6 Å². The number of nitrogens with one attached hydrogen (secondary N) is 1. The van der Waals surface area contributed by atoms with E-state index in [0.717, 1.165) is 6.08 Å². The predicted octanol–water partition coefficient (Wildman–Crippen LogP) is 4.03. The SMILES string of the molecule is CCCC(=O)NCc1cc2c(cc1Cl)C=C(C(=O)OCC)C(C(F)(F)F)O2. The number of carbonyl (C=O) groups excluding carboxylic acids is 2. The van der Waals surface area contributed by atoms with E-state index >= 15 is 0 Å². The van der Waals surface area contributed by atoms with Gasteiger partial charge in [0.25, 0.3) is 0 Å². The molecule has 0 saturated carbocycles. The standard InChI is InChI=1S/C18H19ClF3NO4/c1-3-5-15(24)23-9-11-8-14-10(7-13(11)19)6-12(17(25)26-4-2)16(27-14)18(20,21)22/h6-8,16H,3-5,9H2,1-2H3,(H,23,24). The number of alkyl halides is 3. The molecule has 0 aliphatic carbocycles. The first-order valence-corrected chi connectivity index (χ1v) is 8.76. The molecule has 1 heterocycles. The number of esters is 1. The van der Waals surface area contributed by atoms with Crippen molar-refractivity contribution in [2.75, 3.05) is 6.61 Å². The van der Waals surface area contributed by atoms with E-state index in [4.69, 9.17) is 21.1 Å². The molecular formula is C18H19ClF3NO4. The Balaban J connectivity index is 2.35. The number of ether oxygens (including phenoxy) is 2. The first kappa shape index (κ1) is 21.1. The van der Waals surface area contributed by atoms with Crippen LogP contribution in [-0.4, -0.2) is 30.8 Å². The quantitative estimate of drug-likeness (QED) is 0.726. The van der Waals surface area contributed by atoms with Crippen molar-refractivity contribution in [3.8, 4) is 5.75 Å². The van der Waals surface area contributed by atoms with Gasteiger partial charge in [-0.2, -0.15) is 13.2 Å². The molecular weight excluding hydrogens is 387 g/mol. The molecule has 2 rings (SSSR count). The number of benzene rings is 1. The van der Waals surface area contributed by atoms with Crippen molar-refractivity contribution in [1.29, 1.82) is 0 Å². The van der Waals surface area contributed by atoms with Crippen LogP contribution in [0.1, 0.15) is 37.8 Å². The van der Waals surface area contributed by atoms with Gasteiger partial charge in [0.15, 0.2) is 0 Å². The number of amides is 1. The Morgan fingerprint density at radius 1 is 1.30 bits per heavy atom. The molecule has 9 heteroatoms. The van der Waals surface area contributed by atoms with Gasteiger partial charge in [-0.3, -0.25) is 4.79 Å². The highest BCUT2D eigenvalue weighted by molar-refractivity contribution is 6.31. The number of carbonyl (C=O) groups is 2. The average Bonchev–Trinajstić information content (AvgIpc) is 2.58. The van der Waals surface area contributed by atoms with Gasteiger partial charge in [-0.1, -0.05) is 18.5 Å². The van der Waals surface area contributed by atoms with Crippen molar-refractivity contribution >= 4 is 29.6 Å². The van der Waals surface area contributed by atoms with Gasteiger partial charge in [-0.25, -0.2) is 4.79 Å². The normalized spacial score (nSPS) is 16.1. The van der Waals surface area contributed by atoms with E-state index in [2.05, 4.69) is 5.32 Å². The molecule has 0 spiro atoms. The molecule has 1 aliphatic heterocycles. The monoisotopic (exact) mass is 405 g/mol. The van der Waals surface area contributed by atoms with Crippen LogP contribution in [0.15, 0.2) is 17.7 Å². The highest BCUT2D eigenvalue weighted by Crippen LogP contribution is 2.39. The van der Waals surface area contributed by atoms with Crippen LogP contribution in [0.5, 0.6) is 5.75 Å². The van der Waals surface area contributed by atoms with E-state index in [0.29, 0.717) is 18.4 Å². The van der Waals surface area contributed by atoms with Crippen LogP contribution in [-0.2, 0) is 20.9 Å². The Labute approximate surface area is 159 Å². The van der Waals surface area contributed by atoms with Crippen molar-refractivity contribution in [1.82, 2.24) is 5.32 Å². The first-order chi connectivity index (χ1) is 12.7. The summed E-state index contributed by atoms with van der Waals surface area (Å²) >= 11 is 6.16. The lowest BCUT2D eigenvalue weighted by molar-refractivity contribution is -0.187. The second-order valence-electron chi connectivity index (χ2n) is 5.87. The average molecular weight is 406 g/mol. The molecule has 27 heavy (non-hydrogen) atoms. The third-order valence-electron chi connectivity index (χ3n) is 3.78. The van der Waals surface area contributed by atoms with E-state index in [9.17, 15) is 22.8 Å². The lowest BCUT2D eigenvalue weighted by Gasteiger charge is -2.28. The molecule has 0 bridgehead atoms. The molecule has 1 amide bonds. The third-order valence-corrected chi connectivity index (χ3v) is 4.13. The summed E-state index contributed by atoms with van der Waals surface area (Å²) in [5.74, 6) is -1.36. The van der Waals surface area contributed by atoms with Gasteiger partial charge >= 0.3 is 12.1 Å². The summed E-state index contributed by atoms with van der Waals surface area (Å²) in [7, 11) is 0. The molecule has 1 unspecified atom stereocenters. The molecule has 1 N–H and O–H groups in total. The Hall–Kier alpha value is -2.22. The van der Waals surface area contributed by atoms with Crippen molar-refractivity contribution in [2.45, 2.75) is 45.5 Å². The summed E-state index contributed by atoms with van der Waals surface area (Å²) < 4.78 is 49.8. The number of rotatable bonds is 6. The zero-order valence-corrected chi connectivity index (χ0v) is 15.5. The maximum atomic E-state index is 13.3. The first-order valence-electron chi connectivity index (χ1n) is 8.38. The minimum atomic E-state index is -4.80. The van der Waals surface area contributed by atoms with Gasteiger partial charge in [-0.05, 0) is 37.1 Å². The summed E-state index contributed by atoms with van der Waals surface area (Å²) in [6.45, 7) is 3.34. The maximum Gasteiger partial charge on any atom is 0.430 e. The molecule has 0 fully saturated rings. The van der Waals surface area contributed by atoms with E-state index in [1.807, 2.05) is 6.92 Å². The van der Waals surface area contributed by atoms with Crippen molar-refractivity contribution < 1.29 is 32.2 Å². The highest BCUT2D eigenvalue weighted by Gasteiger charge is 2.48. The number of hydrogen-bond acceptors (Lipinski definition) is 4. The maximum absolute atomic E-state index is 13.3. The molecule has 148 valence electrons. The zero-order valence-electron chi connectivity index (χ0n) is 14.8. The molecule has 1 atom stereocenters. The van der Waals surface area contributed by atoms with E-state index in [1.54, 1.807) is 0 Å². The predicted molar refractivity (Wildman–Crippen MR) is 93.3 cm³/mol. The van der Waals surface area contributed by atoms with Crippen LogP contribution in [0.25, 0.3) is 6.08 Å². The molecule has 1 aliphatic rings. The fourth-order valence-electron chi connectivity index (χ4n) is 2.53. The number of hydrogen-bond donors (Lipinski definition) is 1. The van der Waals surface area contributed by atoms with Gasteiger partial charge in [0.2, 0.25) is 12.0 Å². The van der Waals surface area contributed by atoms with Gasteiger partial charge in [-0.15, -0.1) is 0 Å². The number of halogens is 4. The van der Waals surface area contributed by atoms with Crippen molar-refractivity contribution in [2.24, 2.45) is 0 Å². The molecule has 0 radical (unpaired) electrons. The van der Waals surface area contributed by atoms with Crippen LogP contribution in [0.2, 0.25) is 5.02 Å². The zero-order chi connectivity index (χ0) is 20.2. The lowest BCUT2D eigenvalue weighted by Crippen LogP contribution is -2.40. The molecule has 1 aromatic rings. The Bertz CT molecular complexity index is 762. The van der Waals surface area contributed by atoms with Gasteiger partial charge in [0.05, 0.1) is 12.2 Å². The summed E-state index contributed by atoms with van der Waals surface area (Å²) in [5.41, 5.74) is -0.00196. The molecule has 0 aromatic heterocycles. The van der Waals surface area contributed by atoms with E-state index in [-0.39, 0.29) is 35.4 Å². The van der Waals surface area contributed by atoms with Crippen molar-refractivity contribution in [3.05, 3.63) is 33.9 Å². The third kappa shape index (κ3) is 5.15. The Morgan fingerprint density at radius 3 is 2.59 bits per heavy atom. The lowest BCUT2D eigenvalue weighted by atomic mass is 9.99. The summed E-state index contributed by atoms with van der Waals surface area (Å²) in [6.07, 6.45) is -5.17. The fraction of sp³-hybridized carbons (Fsp3) is 0.444. The highest BCUT2D eigenvalue weighted by atomic mass is 35.5. The van der Waals surface area contributed by atoms with Crippen LogP contribution in [0.4, 0.5) is 13.2 Å². The minimum absolute atomic E-state index is 0.0550. The summed E-state index contributed by atoms with van der Waals surface area (Å²) in [6, 6.07) is 2.73. The summed E-state index contributed by atoms with van der Waals surface area (Å²) in [5, 5.41) is 2.88. The second kappa shape index (κ2) is 8.65. The fourth-order valence-corrected chi connectivity index (χ4v) is 2.77. The molecule has 1 aromatic carbocycles. The van der Waals surface area contributed by atoms with Gasteiger partial charge < -0.3 is 14.8 Å². The van der Waals surface area contributed by atoms with Gasteiger partial charge in [0.1, 0.15) is 5.75 Å². The Morgan fingerprint density at radius 2 is 2.00 bits per heavy atom. The van der Waals surface area contributed by atoms with Crippen LogP contribution in [0, 0.1) is 0 Å².